The van der Waals surface area contributed by atoms with Gasteiger partial charge in [-0.1, -0.05) is 31.3 Å². The van der Waals surface area contributed by atoms with E-state index in [0.29, 0.717) is 0 Å². The Morgan fingerprint density at radius 1 is 1.50 bits per heavy atom. The predicted molar refractivity (Wildman–Crippen MR) is 60.4 cm³/mol. The molecule has 0 amide bonds. The van der Waals surface area contributed by atoms with E-state index in [-0.39, 0.29) is 20.7 Å². The molecule has 0 nitrogen and oxygen atoms in total. The monoisotopic (exact) mass is 264 g/mol. The lowest BCUT2D eigenvalue weighted by atomic mass is 10.2. The van der Waals surface area contributed by atoms with E-state index in [4.69, 9.17) is 0 Å². The summed E-state index contributed by atoms with van der Waals surface area (Å²) in [5.41, 5.74) is 1.34. The van der Waals surface area contributed by atoms with E-state index in [0.717, 1.165) is 0 Å². The second-order valence-electron chi connectivity index (χ2n) is 2.13. The summed E-state index contributed by atoms with van der Waals surface area (Å²) in [6, 6.07) is 6.53. The predicted octanol–water partition coefficient (Wildman–Crippen LogP) is 2.07. The Labute approximate surface area is 74.0 Å². The first-order chi connectivity index (χ1) is 4.74. The van der Waals surface area contributed by atoms with E-state index in [1.807, 2.05) is 0 Å². The van der Waals surface area contributed by atoms with E-state index < -0.39 is 0 Å². The molecule has 0 radical (unpaired) electrons. The summed E-state index contributed by atoms with van der Waals surface area (Å²) < 4.78 is 5.34. The maximum absolute atomic E-state index is 3.93. The fourth-order valence-corrected chi connectivity index (χ4v) is 2.30. The van der Waals surface area contributed by atoms with Crippen molar-refractivity contribution in [2.24, 2.45) is 0 Å². The van der Waals surface area contributed by atoms with Crippen LogP contribution in [0, 0.1) is 10.5 Å². The van der Waals surface area contributed by atoms with Gasteiger partial charge in [0.05, 0.1) is 0 Å². The molecule has 1 unspecified atom stereocenters. The highest BCUT2D eigenvalue weighted by molar-refractivity contribution is 14.2. The molecule has 1 rings (SSSR count). The lowest BCUT2D eigenvalue weighted by molar-refractivity contribution is 1.50. The van der Waals surface area contributed by atoms with Crippen molar-refractivity contribution in [3.05, 3.63) is 27.3 Å². The van der Waals surface area contributed by atoms with Crippen molar-refractivity contribution >= 4 is 39.8 Å². The Hall–Kier alpha value is 0.250. The highest BCUT2D eigenvalue weighted by Crippen LogP contribution is 2.09. The smallest absolute Gasteiger partial charge is 0.00780 e. The summed E-state index contributed by atoms with van der Waals surface area (Å²) in [5, 5.41) is 1.31. The van der Waals surface area contributed by atoms with E-state index in [1.54, 1.807) is 0 Å². The van der Waals surface area contributed by atoms with Crippen molar-refractivity contribution < 1.29 is 0 Å². The molecule has 54 valence electrons. The lowest BCUT2D eigenvalue weighted by Gasteiger charge is -1.98. The maximum atomic E-state index is 3.93. The van der Waals surface area contributed by atoms with Crippen LogP contribution in [-0.4, -0.2) is 4.51 Å². The quantitative estimate of drug-likeness (QED) is 0.538. The number of aryl methyl sites for hydroxylation is 1. The van der Waals surface area contributed by atoms with Gasteiger partial charge in [-0.3, -0.25) is 0 Å². The molecule has 10 heavy (non-hydrogen) atoms. The minimum Gasteiger partial charge on any atom is -0.105 e. The molecule has 0 aromatic heterocycles. The summed E-state index contributed by atoms with van der Waals surface area (Å²) in [7, 11) is 2.74. The van der Waals surface area contributed by atoms with E-state index in [9.17, 15) is 0 Å². The third-order valence-corrected chi connectivity index (χ3v) is 3.57. The largest absolute Gasteiger partial charge is 0.105 e. The van der Waals surface area contributed by atoms with E-state index in [2.05, 4.69) is 38.9 Å². The number of halogens is 1. The highest BCUT2D eigenvalue weighted by Gasteiger charge is 1.91. The van der Waals surface area contributed by atoms with Crippen LogP contribution in [0.3, 0.4) is 0 Å². The van der Waals surface area contributed by atoms with Crippen LogP contribution in [0.5, 0.6) is 0 Å². The van der Waals surface area contributed by atoms with Gasteiger partial charge in [-0.15, -0.1) is 9.24 Å². The summed E-state index contributed by atoms with van der Waals surface area (Å²) in [4.78, 5) is 0. The first-order valence-electron chi connectivity index (χ1n) is 2.98. The first-order valence-corrected chi connectivity index (χ1v) is 6.16. The Morgan fingerprint density at radius 3 is 2.70 bits per heavy atom. The van der Waals surface area contributed by atoms with Crippen LogP contribution >= 0.6 is 30.0 Å². The SMILES string of the molecule is C=Ic1ccc(C)c(P)c1. The molecule has 0 aliphatic rings. The van der Waals surface area contributed by atoms with Crippen LogP contribution in [0.1, 0.15) is 5.56 Å². The zero-order valence-corrected chi connectivity index (χ0v) is 9.21. The van der Waals surface area contributed by atoms with Gasteiger partial charge < -0.3 is 0 Å². The minimum absolute atomic E-state index is 0.0165. The van der Waals surface area contributed by atoms with Gasteiger partial charge in [-0.2, -0.15) is 0 Å². The van der Waals surface area contributed by atoms with Gasteiger partial charge in [0.25, 0.3) is 0 Å². The second kappa shape index (κ2) is 3.59. The van der Waals surface area contributed by atoms with Gasteiger partial charge in [0.1, 0.15) is 0 Å². The third kappa shape index (κ3) is 1.86. The van der Waals surface area contributed by atoms with Crippen molar-refractivity contribution in [2.45, 2.75) is 6.92 Å². The van der Waals surface area contributed by atoms with Gasteiger partial charge in [-0.05, 0) is 29.9 Å². The molecule has 2 heteroatoms. The fraction of sp³-hybridized carbons (Fsp3) is 0.125. The maximum Gasteiger partial charge on any atom is 0.00780 e. The molecule has 0 aliphatic carbocycles. The molecular formula is C8H10IP. The normalized spacial score (nSPS) is 9.80. The van der Waals surface area contributed by atoms with Crippen molar-refractivity contribution in [3.63, 3.8) is 0 Å². The Bertz CT molecular complexity index is 255. The van der Waals surface area contributed by atoms with Gasteiger partial charge in [-0.25, -0.2) is 0 Å². The molecule has 0 N–H and O–H groups in total. The molecule has 1 atom stereocenters. The average Bonchev–Trinajstić information content (AvgIpc) is 1.95. The van der Waals surface area contributed by atoms with Crippen molar-refractivity contribution in [2.75, 3.05) is 0 Å². The Kier molecular flexibility index (Phi) is 2.99. The molecule has 1 aromatic carbocycles. The van der Waals surface area contributed by atoms with E-state index in [1.165, 1.54) is 14.4 Å². The van der Waals surface area contributed by atoms with Gasteiger partial charge in [0.15, 0.2) is 0 Å². The van der Waals surface area contributed by atoms with Crippen LogP contribution in [0.15, 0.2) is 18.2 Å². The van der Waals surface area contributed by atoms with Crippen LogP contribution in [0.25, 0.3) is 0 Å². The van der Waals surface area contributed by atoms with Crippen LogP contribution in [0.2, 0.25) is 0 Å². The highest BCUT2D eigenvalue weighted by atomic mass is 127. The zero-order valence-electron chi connectivity index (χ0n) is 5.89. The van der Waals surface area contributed by atoms with Crippen molar-refractivity contribution in [1.29, 1.82) is 0 Å². The molecular weight excluding hydrogens is 254 g/mol. The minimum atomic E-state index is 0.0165. The van der Waals surface area contributed by atoms with E-state index >= 15 is 0 Å². The topological polar surface area (TPSA) is 0 Å². The van der Waals surface area contributed by atoms with Crippen LogP contribution in [0.4, 0.5) is 0 Å². The summed E-state index contributed by atoms with van der Waals surface area (Å²) in [5.74, 6) is 0. The molecule has 0 aliphatic heterocycles. The molecule has 0 bridgehead atoms. The van der Waals surface area contributed by atoms with Gasteiger partial charge in [0.2, 0.25) is 0 Å². The molecule has 0 saturated carbocycles. The number of hydrogen-bond donors (Lipinski definition) is 0. The molecule has 0 saturated heterocycles. The fourth-order valence-electron chi connectivity index (χ4n) is 0.694. The van der Waals surface area contributed by atoms with Crippen molar-refractivity contribution in [1.82, 2.24) is 0 Å². The molecule has 0 fully saturated rings. The Morgan fingerprint density at radius 2 is 2.20 bits per heavy atom. The summed E-state index contributed by atoms with van der Waals surface area (Å²) in [6.07, 6.45) is 0. The van der Waals surface area contributed by atoms with Crippen LogP contribution in [-0.2, 0) is 0 Å². The summed E-state index contributed by atoms with van der Waals surface area (Å²) in [6.45, 7) is 2.12. The van der Waals surface area contributed by atoms with Crippen LogP contribution < -0.4 is 5.30 Å². The number of rotatable bonds is 1. The second-order valence-corrected chi connectivity index (χ2v) is 4.76. The lowest BCUT2D eigenvalue weighted by Crippen LogP contribution is -1.95. The van der Waals surface area contributed by atoms with Crippen molar-refractivity contribution in [3.8, 4) is 0 Å². The molecule has 0 spiro atoms. The average molecular weight is 264 g/mol. The Balaban J connectivity index is 3.16. The molecule has 1 aromatic rings. The number of benzene rings is 1. The first kappa shape index (κ1) is 8.35. The number of hydrogen-bond acceptors (Lipinski definition) is 0. The van der Waals surface area contributed by atoms with Gasteiger partial charge in [0, 0.05) is 3.57 Å². The standard InChI is InChI=1S/C8H10IP/c1-6-3-4-7(9-2)5-8(6)10/h3-5H,2,10H2,1H3. The third-order valence-electron chi connectivity index (χ3n) is 1.40. The molecule has 0 heterocycles. The van der Waals surface area contributed by atoms with Gasteiger partial charge >= 0.3 is 0 Å². The zero-order chi connectivity index (χ0) is 7.56. The summed E-state index contributed by atoms with van der Waals surface area (Å²) >= 11 is 0.0165.